The molecule has 0 saturated carbocycles. The minimum absolute atomic E-state index is 0.00579. The van der Waals surface area contributed by atoms with Crippen molar-refractivity contribution in [1.29, 1.82) is 0 Å². The molecule has 0 bridgehead atoms. The van der Waals surface area contributed by atoms with Crippen molar-refractivity contribution in [2.45, 2.75) is 46.8 Å². The number of hydrogen-bond donors (Lipinski definition) is 0. The van der Waals surface area contributed by atoms with Crippen LogP contribution < -0.4 is 0 Å². The Morgan fingerprint density at radius 2 is 1.50 bits per heavy atom. The summed E-state index contributed by atoms with van der Waals surface area (Å²) >= 11 is 0. The van der Waals surface area contributed by atoms with E-state index in [1.54, 1.807) is 0 Å². The third kappa shape index (κ3) is 4.86. The fraction of sp³-hybridized carbons (Fsp3) is 0.909. The standard InChI is InChI=1S/C11H20F3NO/c1-7(2)10(8(3)4)15(9(5)16)6-11(12,13)14/h7-8,10H,6H2,1-5H3. The van der Waals surface area contributed by atoms with Crippen molar-refractivity contribution in [3.8, 4) is 0 Å². The molecule has 16 heavy (non-hydrogen) atoms. The minimum atomic E-state index is -4.34. The van der Waals surface area contributed by atoms with Gasteiger partial charge in [0, 0.05) is 13.0 Å². The first kappa shape index (κ1) is 15.3. The summed E-state index contributed by atoms with van der Waals surface area (Å²) in [6.45, 7) is 7.34. The second kappa shape index (κ2) is 5.55. The third-order valence-electron chi connectivity index (χ3n) is 2.48. The van der Waals surface area contributed by atoms with Crippen LogP contribution in [0.4, 0.5) is 13.2 Å². The van der Waals surface area contributed by atoms with Gasteiger partial charge < -0.3 is 4.90 Å². The third-order valence-corrected chi connectivity index (χ3v) is 2.48. The van der Waals surface area contributed by atoms with Gasteiger partial charge in [0.2, 0.25) is 5.91 Å². The summed E-state index contributed by atoms with van der Waals surface area (Å²) in [7, 11) is 0. The number of nitrogens with zero attached hydrogens (tertiary/aromatic N) is 1. The molecule has 1 amide bonds. The van der Waals surface area contributed by atoms with Gasteiger partial charge in [-0.1, -0.05) is 27.7 Å². The summed E-state index contributed by atoms with van der Waals surface area (Å²) in [5.74, 6) is -0.512. The summed E-state index contributed by atoms with van der Waals surface area (Å²) < 4.78 is 37.1. The van der Waals surface area contributed by atoms with Crippen molar-refractivity contribution in [1.82, 2.24) is 4.90 Å². The average Bonchev–Trinajstić information content (AvgIpc) is 1.98. The number of halogens is 3. The lowest BCUT2D eigenvalue weighted by Crippen LogP contribution is -2.49. The Labute approximate surface area is 94.8 Å². The Bertz CT molecular complexity index is 228. The van der Waals surface area contributed by atoms with Gasteiger partial charge in [0.05, 0.1) is 0 Å². The second-order valence-electron chi connectivity index (χ2n) is 4.74. The summed E-state index contributed by atoms with van der Waals surface area (Å²) in [4.78, 5) is 12.2. The SMILES string of the molecule is CC(=O)N(CC(F)(F)F)C(C(C)C)C(C)C. The topological polar surface area (TPSA) is 20.3 Å². The maximum atomic E-state index is 12.4. The molecule has 0 aromatic rings. The number of hydrogen-bond acceptors (Lipinski definition) is 1. The molecule has 0 heterocycles. The summed E-state index contributed by atoms with van der Waals surface area (Å²) in [5.41, 5.74) is 0. The largest absolute Gasteiger partial charge is 0.406 e. The van der Waals surface area contributed by atoms with Crippen molar-refractivity contribution in [3.05, 3.63) is 0 Å². The highest BCUT2D eigenvalue weighted by Gasteiger charge is 2.37. The van der Waals surface area contributed by atoms with Crippen molar-refractivity contribution >= 4 is 5.91 Å². The van der Waals surface area contributed by atoms with Gasteiger partial charge in [-0.2, -0.15) is 13.2 Å². The Hall–Kier alpha value is -0.740. The van der Waals surface area contributed by atoms with Crippen LogP contribution in [0.1, 0.15) is 34.6 Å². The fourth-order valence-corrected chi connectivity index (χ4v) is 2.11. The summed E-state index contributed by atoms with van der Waals surface area (Å²) in [6.07, 6.45) is -4.34. The first-order valence-corrected chi connectivity index (χ1v) is 5.40. The van der Waals surface area contributed by atoms with Crippen LogP contribution in [0.2, 0.25) is 0 Å². The van der Waals surface area contributed by atoms with E-state index in [2.05, 4.69) is 0 Å². The lowest BCUT2D eigenvalue weighted by atomic mass is 9.91. The molecule has 0 atom stereocenters. The van der Waals surface area contributed by atoms with E-state index in [0.717, 1.165) is 4.90 Å². The number of carbonyl (C=O) groups excluding carboxylic acids is 1. The molecule has 0 fully saturated rings. The molecule has 0 aliphatic rings. The first-order valence-electron chi connectivity index (χ1n) is 5.40. The quantitative estimate of drug-likeness (QED) is 0.738. The predicted molar refractivity (Wildman–Crippen MR) is 56.9 cm³/mol. The molecular formula is C11H20F3NO. The maximum Gasteiger partial charge on any atom is 0.406 e. The second-order valence-corrected chi connectivity index (χ2v) is 4.74. The number of rotatable bonds is 4. The van der Waals surface area contributed by atoms with Crippen molar-refractivity contribution in [3.63, 3.8) is 0 Å². The van der Waals surface area contributed by atoms with E-state index < -0.39 is 18.6 Å². The Morgan fingerprint density at radius 3 is 1.69 bits per heavy atom. The highest BCUT2D eigenvalue weighted by molar-refractivity contribution is 5.73. The fourth-order valence-electron chi connectivity index (χ4n) is 2.11. The van der Waals surface area contributed by atoms with Crippen LogP contribution in [0, 0.1) is 11.8 Å². The van der Waals surface area contributed by atoms with Gasteiger partial charge in [-0.15, -0.1) is 0 Å². The van der Waals surface area contributed by atoms with Gasteiger partial charge in [-0.25, -0.2) is 0 Å². The average molecular weight is 239 g/mol. The van der Waals surface area contributed by atoms with Crippen LogP contribution in [0.15, 0.2) is 0 Å². The van der Waals surface area contributed by atoms with E-state index in [9.17, 15) is 18.0 Å². The molecule has 0 spiro atoms. The lowest BCUT2D eigenvalue weighted by molar-refractivity contribution is -0.168. The summed E-state index contributed by atoms with van der Waals surface area (Å²) in [6, 6.07) is -0.376. The minimum Gasteiger partial charge on any atom is -0.330 e. The number of carbonyl (C=O) groups is 1. The molecular weight excluding hydrogens is 219 g/mol. The van der Waals surface area contributed by atoms with Crippen LogP contribution >= 0.6 is 0 Å². The molecule has 0 aliphatic carbocycles. The smallest absolute Gasteiger partial charge is 0.330 e. The molecule has 2 nitrogen and oxygen atoms in total. The highest BCUT2D eigenvalue weighted by atomic mass is 19.4. The molecule has 96 valence electrons. The van der Waals surface area contributed by atoms with E-state index in [-0.39, 0.29) is 17.9 Å². The number of alkyl halides is 3. The molecule has 0 N–H and O–H groups in total. The monoisotopic (exact) mass is 239 g/mol. The predicted octanol–water partition coefficient (Wildman–Crippen LogP) is 3.08. The van der Waals surface area contributed by atoms with Crippen molar-refractivity contribution in [2.75, 3.05) is 6.54 Å². The zero-order chi connectivity index (χ0) is 13.1. The van der Waals surface area contributed by atoms with E-state index >= 15 is 0 Å². The molecule has 0 rings (SSSR count). The van der Waals surface area contributed by atoms with E-state index in [4.69, 9.17) is 0 Å². The Morgan fingerprint density at radius 1 is 1.12 bits per heavy atom. The van der Waals surface area contributed by atoms with Crippen molar-refractivity contribution in [2.24, 2.45) is 11.8 Å². The normalized spacial score (nSPS) is 12.7. The Balaban J connectivity index is 4.94. The van der Waals surface area contributed by atoms with Crippen LogP contribution in [0.25, 0.3) is 0 Å². The molecule has 0 aromatic carbocycles. The molecule has 0 aromatic heterocycles. The number of amides is 1. The highest BCUT2D eigenvalue weighted by Crippen LogP contribution is 2.24. The molecule has 0 radical (unpaired) electrons. The molecule has 5 heteroatoms. The zero-order valence-corrected chi connectivity index (χ0v) is 10.4. The molecule has 0 unspecified atom stereocenters. The van der Waals surface area contributed by atoms with Gasteiger partial charge in [-0.05, 0) is 11.8 Å². The maximum absolute atomic E-state index is 12.4. The van der Waals surface area contributed by atoms with Gasteiger partial charge >= 0.3 is 6.18 Å². The van der Waals surface area contributed by atoms with Crippen LogP contribution in [0.3, 0.4) is 0 Å². The van der Waals surface area contributed by atoms with Gasteiger partial charge in [0.15, 0.2) is 0 Å². The Kier molecular flexibility index (Phi) is 5.29. The summed E-state index contributed by atoms with van der Waals surface area (Å²) in [5, 5.41) is 0. The van der Waals surface area contributed by atoms with Gasteiger partial charge in [0.1, 0.15) is 6.54 Å². The van der Waals surface area contributed by atoms with Crippen LogP contribution in [-0.2, 0) is 4.79 Å². The zero-order valence-electron chi connectivity index (χ0n) is 10.4. The van der Waals surface area contributed by atoms with Crippen molar-refractivity contribution < 1.29 is 18.0 Å². The van der Waals surface area contributed by atoms with E-state index in [0.29, 0.717) is 0 Å². The van der Waals surface area contributed by atoms with Gasteiger partial charge in [0.25, 0.3) is 0 Å². The van der Waals surface area contributed by atoms with E-state index in [1.807, 2.05) is 27.7 Å². The van der Waals surface area contributed by atoms with E-state index in [1.165, 1.54) is 6.92 Å². The lowest BCUT2D eigenvalue weighted by Gasteiger charge is -2.37. The first-order chi connectivity index (χ1) is 7.06. The molecule has 0 aliphatic heterocycles. The van der Waals surface area contributed by atoms with Crippen LogP contribution in [-0.4, -0.2) is 29.6 Å². The van der Waals surface area contributed by atoms with Crippen LogP contribution in [0.5, 0.6) is 0 Å². The molecule has 0 saturated heterocycles. The van der Waals surface area contributed by atoms with Gasteiger partial charge in [-0.3, -0.25) is 4.79 Å².